The summed E-state index contributed by atoms with van der Waals surface area (Å²) in [5.74, 6) is 0. The van der Waals surface area contributed by atoms with Gasteiger partial charge < -0.3 is 5.73 Å². The highest BCUT2D eigenvalue weighted by molar-refractivity contribution is 5.26. The Kier molecular flexibility index (Phi) is 4.96. The summed E-state index contributed by atoms with van der Waals surface area (Å²) in [5.41, 5.74) is 6.91. The van der Waals surface area contributed by atoms with Gasteiger partial charge in [0.25, 0.3) is 0 Å². The van der Waals surface area contributed by atoms with E-state index in [1.54, 1.807) is 6.07 Å². The van der Waals surface area contributed by atoms with E-state index in [9.17, 15) is 13.2 Å². The predicted molar refractivity (Wildman–Crippen MR) is 67.2 cm³/mol. The summed E-state index contributed by atoms with van der Waals surface area (Å²) >= 11 is 0. The molecule has 0 bridgehead atoms. The lowest BCUT2D eigenvalue weighted by atomic mass is 9.98. The molecule has 0 spiro atoms. The summed E-state index contributed by atoms with van der Waals surface area (Å²) in [7, 11) is 0. The van der Waals surface area contributed by atoms with Gasteiger partial charge in [0.2, 0.25) is 0 Å². The molecule has 1 unspecified atom stereocenters. The van der Waals surface area contributed by atoms with Crippen molar-refractivity contribution in [3.63, 3.8) is 0 Å². The van der Waals surface area contributed by atoms with E-state index >= 15 is 0 Å². The monoisotopic (exact) mass is 257 g/mol. The molecule has 1 atom stereocenters. The minimum absolute atomic E-state index is 0.180. The van der Waals surface area contributed by atoms with Gasteiger partial charge in [0.05, 0.1) is 5.56 Å². The molecule has 1 aromatic carbocycles. The Hall–Kier alpha value is -1.29. The van der Waals surface area contributed by atoms with E-state index in [1.807, 2.05) is 6.92 Å². The van der Waals surface area contributed by atoms with Gasteiger partial charge in [-0.25, -0.2) is 0 Å². The zero-order valence-corrected chi connectivity index (χ0v) is 10.4. The van der Waals surface area contributed by atoms with E-state index in [4.69, 9.17) is 5.73 Å². The maximum atomic E-state index is 12.5. The van der Waals surface area contributed by atoms with Crippen LogP contribution in [0.2, 0.25) is 0 Å². The van der Waals surface area contributed by atoms with Gasteiger partial charge in [0.1, 0.15) is 0 Å². The molecule has 100 valence electrons. The highest BCUT2D eigenvalue weighted by Crippen LogP contribution is 2.29. The van der Waals surface area contributed by atoms with Crippen LogP contribution in [0.4, 0.5) is 13.2 Å². The summed E-state index contributed by atoms with van der Waals surface area (Å²) in [6, 6.07) is 5.14. The van der Waals surface area contributed by atoms with Crippen molar-refractivity contribution in [2.45, 2.75) is 38.4 Å². The first-order valence-electron chi connectivity index (χ1n) is 5.91. The first-order chi connectivity index (χ1) is 8.32. The molecular weight excluding hydrogens is 239 g/mol. The van der Waals surface area contributed by atoms with E-state index in [2.05, 4.69) is 6.58 Å². The van der Waals surface area contributed by atoms with Gasteiger partial charge in [-0.15, -0.1) is 0 Å². The second kappa shape index (κ2) is 6.05. The first-order valence-corrected chi connectivity index (χ1v) is 5.91. The molecule has 4 heteroatoms. The fourth-order valence-electron chi connectivity index (χ4n) is 1.76. The molecule has 1 rings (SSSR count). The zero-order valence-electron chi connectivity index (χ0n) is 10.4. The lowest BCUT2D eigenvalue weighted by Gasteiger charge is -2.14. The summed E-state index contributed by atoms with van der Waals surface area (Å²) in [6.07, 6.45) is -2.38. The Bertz CT molecular complexity index is 410. The largest absolute Gasteiger partial charge is 0.416 e. The molecule has 18 heavy (non-hydrogen) atoms. The van der Waals surface area contributed by atoms with Gasteiger partial charge in [0.15, 0.2) is 0 Å². The second-order valence-corrected chi connectivity index (χ2v) is 4.47. The van der Waals surface area contributed by atoms with Gasteiger partial charge in [-0.05, 0) is 30.9 Å². The summed E-state index contributed by atoms with van der Waals surface area (Å²) < 4.78 is 37.6. The van der Waals surface area contributed by atoms with Crippen molar-refractivity contribution in [2.75, 3.05) is 0 Å². The maximum Gasteiger partial charge on any atom is 0.416 e. The van der Waals surface area contributed by atoms with Crippen molar-refractivity contribution < 1.29 is 13.2 Å². The van der Waals surface area contributed by atoms with Crippen LogP contribution in [0.25, 0.3) is 0 Å². The molecule has 0 radical (unpaired) electrons. The summed E-state index contributed by atoms with van der Waals surface area (Å²) in [5, 5.41) is 0. The van der Waals surface area contributed by atoms with E-state index in [1.165, 1.54) is 6.07 Å². The van der Waals surface area contributed by atoms with Gasteiger partial charge in [-0.3, -0.25) is 0 Å². The van der Waals surface area contributed by atoms with Crippen molar-refractivity contribution in [2.24, 2.45) is 5.73 Å². The van der Waals surface area contributed by atoms with E-state index in [0.717, 1.165) is 24.1 Å². The maximum absolute atomic E-state index is 12.5. The molecule has 0 saturated heterocycles. The summed E-state index contributed by atoms with van der Waals surface area (Å²) in [6.45, 7) is 5.84. The SMILES string of the molecule is C=C(CC)CC(N)Cc1cccc(C(F)(F)F)c1. The molecule has 0 saturated carbocycles. The Morgan fingerprint density at radius 1 is 1.39 bits per heavy atom. The Morgan fingerprint density at radius 2 is 2.06 bits per heavy atom. The van der Waals surface area contributed by atoms with Gasteiger partial charge in [-0.1, -0.05) is 37.3 Å². The zero-order chi connectivity index (χ0) is 13.8. The highest BCUT2D eigenvalue weighted by atomic mass is 19.4. The van der Waals surface area contributed by atoms with E-state index in [0.29, 0.717) is 18.4 Å². The van der Waals surface area contributed by atoms with Crippen molar-refractivity contribution in [3.8, 4) is 0 Å². The molecule has 0 aliphatic rings. The van der Waals surface area contributed by atoms with Crippen molar-refractivity contribution in [1.82, 2.24) is 0 Å². The van der Waals surface area contributed by atoms with Gasteiger partial charge in [-0.2, -0.15) is 13.2 Å². The minimum atomic E-state index is -4.30. The number of rotatable bonds is 5. The Morgan fingerprint density at radius 3 is 2.61 bits per heavy atom. The third-order valence-electron chi connectivity index (χ3n) is 2.80. The molecule has 0 aromatic heterocycles. The molecule has 0 fully saturated rings. The third-order valence-corrected chi connectivity index (χ3v) is 2.80. The molecule has 0 aliphatic heterocycles. The third kappa shape index (κ3) is 4.53. The predicted octanol–water partition coefficient (Wildman–Crippen LogP) is 3.93. The van der Waals surface area contributed by atoms with Crippen molar-refractivity contribution >= 4 is 0 Å². The van der Waals surface area contributed by atoms with E-state index < -0.39 is 11.7 Å². The van der Waals surface area contributed by atoms with Crippen LogP contribution in [0.3, 0.4) is 0 Å². The van der Waals surface area contributed by atoms with Crippen LogP contribution in [0, 0.1) is 0 Å². The smallest absolute Gasteiger partial charge is 0.327 e. The summed E-state index contributed by atoms with van der Waals surface area (Å²) in [4.78, 5) is 0. The number of hydrogen-bond acceptors (Lipinski definition) is 1. The lowest BCUT2D eigenvalue weighted by Crippen LogP contribution is -2.23. The number of benzene rings is 1. The van der Waals surface area contributed by atoms with Crippen molar-refractivity contribution in [3.05, 3.63) is 47.5 Å². The molecule has 2 N–H and O–H groups in total. The van der Waals surface area contributed by atoms with Gasteiger partial charge in [0, 0.05) is 6.04 Å². The molecule has 0 heterocycles. The van der Waals surface area contributed by atoms with Crippen LogP contribution < -0.4 is 5.73 Å². The van der Waals surface area contributed by atoms with Crippen LogP contribution in [0.1, 0.15) is 30.9 Å². The molecule has 0 aliphatic carbocycles. The van der Waals surface area contributed by atoms with Crippen molar-refractivity contribution in [1.29, 1.82) is 0 Å². The number of hydrogen-bond donors (Lipinski definition) is 1. The Balaban J connectivity index is 2.71. The molecule has 0 amide bonds. The first kappa shape index (κ1) is 14.8. The van der Waals surface area contributed by atoms with Crippen LogP contribution in [0.5, 0.6) is 0 Å². The van der Waals surface area contributed by atoms with E-state index in [-0.39, 0.29) is 6.04 Å². The quantitative estimate of drug-likeness (QED) is 0.795. The number of halogens is 3. The second-order valence-electron chi connectivity index (χ2n) is 4.47. The minimum Gasteiger partial charge on any atom is -0.327 e. The van der Waals surface area contributed by atoms with Gasteiger partial charge >= 0.3 is 6.18 Å². The lowest BCUT2D eigenvalue weighted by molar-refractivity contribution is -0.137. The Labute approximate surface area is 105 Å². The number of nitrogens with two attached hydrogens (primary N) is 1. The normalized spacial score (nSPS) is 13.4. The average Bonchev–Trinajstić information content (AvgIpc) is 2.27. The standard InChI is InChI=1S/C14H18F3N/c1-3-10(2)7-13(18)9-11-5-4-6-12(8-11)14(15,16)17/h4-6,8,13H,2-3,7,9,18H2,1H3. The number of alkyl halides is 3. The fourth-order valence-corrected chi connectivity index (χ4v) is 1.76. The molecule has 1 aromatic rings. The topological polar surface area (TPSA) is 26.0 Å². The highest BCUT2D eigenvalue weighted by Gasteiger charge is 2.30. The molecule has 1 nitrogen and oxygen atoms in total. The van der Waals surface area contributed by atoms with Crippen LogP contribution in [-0.2, 0) is 12.6 Å². The van der Waals surface area contributed by atoms with Crippen LogP contribution in [-0.4, -0.2) is 6.04 Å². The van der Waals surface area contributed by atoms with Crippen LogP contribution >= 0.6 is 0 Å². The van der Waals surface area contributed by atoms with Crippen LogP contribution in [0.15, 0.2) is 36.4 Å². The average molecular weight is 257 g/mol. The molecular formula is C14H18F3N. The fraction of sp³-hybridized carbons (Fsp3) is 0.429.